The summed E-state index contributed by atoms with van der Waals surface area (Å²) in [4.78, 5) is 10.3. The second-order valence-electron chi connectivity index (χ2n) is 3.23. The predicted molar refractivity (Wildman–Crippen MR) is 64.4 cm³/mol. The van der Waals surface area contributed by atoms with E-state index < -0.39 is 4.92 Å². The van der Waals surface area contributed by atoms with Crippen LogP contribution in [0.1, 0.15) is 11.1 Å². The van der Waals surface area contributed by atoms with E-state index in [-0.39, 0.29) is 18.1 Å². The van der Waals surface area contributed by atoms with E-state index in [0.29, 0.717) is 24.5 Å². The van der Waals surface area contributed by atoms with Gasteiger partial charge in [-0.2, -0.15) is 0 Å². The lowest BCUT2D eigenvalue weighted by molar-refractivity contribution is -0.385. The highest BCUT2D eigenvalue weighted by Gasteiger charge is 2.14. The van der Waals surface area contributed by atoms with Crippen LogP contribution in [0.4, 0.5) is 5.69 Å². The summed E-state index contributed by atoms with van der Waals surface area (Å²) in [7, 11) is 0. The molecule has 0 unspecified atom stereocenters. The zero-order valence-corrected chi connectivity index (χ0v) is 10.0. The molecule has 0 aliphatic heterocycles. The van der Waals surface area contributed by atoms with Crippen molar-refractivity contribution >= 4 is 18.1 Å². The molecule has 0 spiro atoms. The van der Waals surface area contributed by atoms with Crippen molar-refractivity contribution in [3.63, 3.8) is 0 Å². The second kappa shape index (κ2) is 6.30. The van der Waals surface area contributed by atoms with Crippen molar-refractivity contribution in [1.82, 2.24) is 0 Å². The molecule has 6 heteroatoms. The van der Waals surface area contributed by atoms with E-state index in [1.54, 1.807) is 19.9 Å². The summed E-state index contributed by atoms with van der Waals surface area (Å²) in [5.74, 6) is 0.656. The molecule has 16 heavy (non-hydrogen) atoms. The molecular weight excluding hydrogens is 232 g/mol. The summed E-state index contributed by atoms with van der Waals surface area (Å²) in [6.45, 7) is 4.35. The Morgan fingerprint density at radius 1 is 1.38 bits per heavy atom. The number of ether oxygens (including phenoxy) is 1. The number of rotatable bonds is 4. The molecule has 0 saturated heterocycles. The van der Waals surface area contributed by atoms with E-state index in [4.69, 9.17) is 10.5 Å². The molecule has 0 aromatic heterocycles. The maximum Gasteiger partial charge on any atom is 0.272 e. The van der Waals surface area contributed by atoms with Crippen LogP contribution in [0.25, 0.3) is 0 Å². The van der Waals surface area contributed by atoms with Gasteiger partial charge in [0.05, 0.1) is 4.92 Å². The number of hydrogen-bond donors (Lipinski definition) is 1. The zero-order valence-electron chi connectivity index (χ0n) is 9.23. The first-order valence-electron chi connectivity index (χ1n) is 4.65. The Bertz CT molecular complexity index is 383. The Morgan fingerprint density at radius 2 is 2.00 bits per heavy atom. The van der Waals surface area contributed by atoms with Gasteiger partial charge in [-0.05, 0) is 19.9 Å². The van der Waals surface area contributed by atoms with E-state index in [1.165, 1.54) is 6.07 Å². The van der Waals surface area contributed by atoms with Crippen LogP contribution in [0, 0.1) is 24.0 Å². The number of nitro groups is 1. The van der Waals surface area contributed by atoms with Gasteiger partial charge in [-0.1, -0.05) is 0 Å². The first-order valence-corrected chi connectivity index (χ1v) is 4.65. The minimum absolute atomic E-state index is 0. The quantitative estimate of drug-likeness (QED) is 0.651. The molecule has 90 valence electrons. The Morgan fingerprint density at radius 3 is 2.50 bits per heavy atom. The smallest absolute Gasteiger partial charge is 0.272 e. The Balaban J connectivity index is 0.00000225. The SMILES string of the molecule is Cc1c(OCCN)ccc([N+](=O)[O-])c1C.Cl. The van der Waals surface area contributed by atoms with Gasteiger partial charge in [-0.25, -0.2) is 0 Å². The van der Waals surface area contributed by atoms with Gasteiger partial charge in [0.25, 0.3) is 5.69 Å². The molecule has 5 nitrogen and oxygen atoms in total. The van der Waals surface area contributed by atoms with Crippen LogP contribution in [-0.4, -0.2) is 18.1 Å². The maximum atomic E-state index is 10.6. The standard InChI is InChI=1S/C10H14N2O3.ClH/c1-7-8(2)10(15-6-5-11)4-3-9(7)12(13)14;/h3-4H,5-6,11H2,1-2H3;1H. The van der Waals surface area contributed by atoms with Crippen molar-refractivity contribution in [2.75, 3.05) is 13.2 Å². The molecule has 0 saturated carbocycles. The fourth-order valence-corrected chi connectivity index (χ4v) is 1.30. The third-order valence-corrected chi connectivity index (χ3v) is 2.28. The lowest BCUT2D eigenvalue weighted by Gasteiger charge is -2.09. The number of halogens is 1. The summed E-state index contributed by atoms with van der Waals surface area (Å²) in [6, 6.07) is 3.06. The summed E-state index contributed by atoms with van der Waals surface area (Å²) < 4.78 is 5.35. The van der Waals surface area contributed by atoms with Gasteiger partial charge in [-0.15, -0.1) is 12.4 Å². The Kier molecular flexibility index (Phi) is 5.77. The van der Waals surface area contributed by atoms with Crippen molar-refractivity contribution < 1.29 is 9.66 Å². The monoisotopic (exact) mass is 246 g/mol. The van der Waals surface area contributed by atoms with Crippen LogP contribution in [0.15, 0.2) is 12.1 Å². The normalized spacial score (nSPS) is 9.44. The van der Waals surface area contributed by atoms with Gasteiger partial charge in [0.15, 0.2) is 0 Å². The average Bonchev–Trinajstić information content (AvgIpc) is 2.20. The minimum Gasteiger partial charge on any atom is -0.492 e. The number of nitro benzene ring substituents is 1. The molecule has 0 bridgehead atoms. The van der Waals surface area contributed by atoms with E-state index in [2.05, 4.69) is 0 Å². The molecule has 0 aliphatic rings. The summed E-state index contributed by atoms with van der Waals surface area (Å²) in [5.41, 5.74) is 6.85. The fourth-order valence-electron chi connectivity index (χ4n) is 1.30. The molecule has 0 atom stereocenters. The van der Waals surface area contributed by atoms with Crippen LogP contribution in [0.5, 0.6) is 5.75 Å². The molecule has 0 heterocycles. The van der Waals surface area contributed by atoms with Gasteiger partial charge >= 0.3 is 0 Å². The lowest BCUT2D eigenvalue weighted by Crippen LogP contribution is -2.11. The fraction of sp³-hybridized carbons (Fsp3) is 0.400. The summed E-state index contributed by atoms with van der Waals surface area (Å²) in [5, 5.41) is 10.6. The first kappa shape index (κ1) is 14.7. The van der Waals surface area contributed by atoms with E-state index in [1.807, 2.05) is 0 Å². The van der Waals surface area contributed by atoms with Gasteiger partial charge in [0, 0.05) is 23.7 Å². The largest absolute Gasteiger partial charge is 0.492 e. The van der Waals surface area contributed by atoms with Crippen molar-refractivity contribution in [1.29, 1.82) is 0 Å². The van der Waals surface area contributed by atoms with Crippen LogP contribution in [-0.2, 0) is 0 Å². The van der Waals surface area contributed by atoms with Crippen molar-refractivity contribution in [2.24, 2.45) is 5.73 Å². The molecule has 0 fully saturated rings. The van der Waals surface area contributed by atoms with E-state index in [0.717, 1.165) is 5.56 Å². The highest BCUT2D eigenvalue weighted by Crippen LogP contribution is 2.28. The van der Waals surface area contributed by atoms with Crippen molar-refractivity contribution in [3.8, 4) is 5.75 Å². The predicted octanol–water partition coefficient (Wildman–Crippen LogP) is 1.97. The van der Waals surface area contributed by atoms with Crippen LogP contribution >= 0.6 is 12.4 Å². The van der Waals surface area contributed by atoms with Crippen LogP contribution in [0.3, 0.4) is 0 Å². The number of hydrogen-bond acceptors (Lipinski definition) is 4. The molecule has 1 aromatic carbocycles. The minimum atomic E-state index is -0.394. The average molecular weight is 247 g/mol. The second-order valence-corrected chi connectivity index (χ2v) is 3.23. The number of nitrogens with two attached hydrogens (primary N) is 1. The Labute approximate surface area is 100 Å². The van der Waals surface area contributed by atoms with Crippen molar-refractivity contribution in [3.05, 3.63) is 33.4 Å². The van der Waals surface area contributed by atoms with Gasteiger partial charge in [0.2, 0.25) is 0 Å². The highest BCUT2D eigenvalue weighted by atomic mass is 35.5. The first-order chi connectivity index (χ1) is 7.07. The van der Waals surface area contributed by atoms with Gasteiger partial charge in [-0.3, -0.25) is 10.1 Å². The third kappa shape index (κ3) is 3.08. The molecule has 0 amide bonds. The highest BCUT2D eigenvalue weighted by molar-refractivity contribution is 5.85. The van der Waals surface area contributed by atoms with E-state index >= 15 is 0 Å². The van der Waals surface area contributed by atoms with Gasteiger partial charge in [0.1, 0.15) is 12.4 Å². The van der Waals surface area contributed by atoms with Crippen LogP contribution < -0.4 is 10.5 Å². The number of nitrogens with zero attached hydrogens (tertiary/aromatic N) is 1. The molecule has 1 rings (SSSR count). The van der Waals surface area contributed by atoms with Crippen LogP contribution in [0.2, 0.25) is 0 Å². The topological polar surface area (TPSA) is 78.4 Å². The third-order valence-electron chi connectivity index (χ3n) is 2.28. The zero-order chi connectivity index (χ0) is 11.4. The molecule has 0 radical (unpaired) electrons. The molecule has 0 aliphatic carbocycles. The van der Waals surface area contributed by atoms with Crippen molar-refractivity contribution in [2.45, 2.75) is 13.8 Å². The maximum absolute atomic E-state index is 10.6. The summed E-state index contributed by atoms with van der Waals surface area (Å²) in [6.07, 6.45) is 0. The Hall–Kier alpha value is -1.33. The van der Waals surface area contributed by atoms with E-state index in [9.17, 15) is 10.1 Å². The van der Waals surface area contributed by atoms with Gasteiger partial charge < -0.3 is 10.5 Å². The molecule has 1 aromatic rings. The summed E-state index contributed by atoms with van der Waals surface area (Å²) >= 11 is 0. The number of benzene rings is 1. The molecular formula is C10H15ClN2O3. The molecule has 2 N–H and O–H groups in total. The lowest BCUT2D eigenvalue weighted by atomic mass is 10.1.